The first kappa shape index (κ1) is 15.6. The Hall–Kier alpha value is -1.82. The Morgan fingerprint density at radius 2 is 2.33 bits per heavy atom. The summed E-state index contributed by atoms with van der Waals surface area (Å²) in [6.07, 6.45) is 3.75. The monoisotopic (exact) mass is 294 g/mol. The van der Waals surface area contributed by atoms with Crippen molar-refractivity contribution in [1.29, 1.82) is 0 Å². The molecule has 2 N–H and O–H groups in total. The molecular formula is C15H22N2O4. The van der Waals surface area contributed by atoms with Crippen molar-refractivity contribution < 1.29 is 14.8 Å². The number of benzene rings is 1. The SMILES string of the molecule is COc1ccc([N+](=O)[O-])c(NC2(CO)CCCC(C)C2)c1. The van der Waals surface area contributed by atoms with Gasteiger partial charge < -0.3 is 15.2 Å². The van der Waals surface area contributed by atoms with Crippen molar-refractivity contribution in [2.45, 2.75) is 38.1 Å². The van der Waals surface area contributed by atoms with Gasteiger partial charge in [-0.05, 0) is 24.8 Å². The lowest BCUT2D eigenvalue weighted by molar-refractivity contribution is -0.384. The second-order valence-electron chi connectivity index (χ2n) is 5.91. The van der Waals surface area contributed by atoms with E-state index in [1.807, 2.05) is 0 Å². The van der Waals surface area contributed by atoms with E-state index in [0.717, 1.165) is 25.7 Å². The third kappa shape index (κ3) is 3.44. The Bertz CT molecular complexity index is 520. The van der Waals surface area contributed by atoms with Gasteiger partial charge in [0, 0.05) is 12.1 Å². The number of hydrogen-bond acceptors (Lipinski definition) is 5. The van der Waals surface area contributed by atoms with Gasteiger partial charge >= 0.3 is 0 Å². The smallest absolute Gasteiger partial charge is 0.292 e. The first-order valence-electron chi connectivity index (χ1n) is 7.21. The number of ether oxygens (including phenoxy) is 1. The highest BCUT2D eigenvalue weighted by Gasteiger charge is 2.35. The van der Waals surface area contributed by atoms with E-state index in [2.05, 4.69) is 12.2 Å². The van der Waals surface area contributed by atoms with E-state index >= 15 is 0 Å². The van der Waals surface area contributed by atoms with Gasteiger partial charge in [0.25, 0.3) is 5.69 Å². The molecule has 2 atom stereocenters. The molecular weight excluding hydrogens is 272 g/mol. The number of aliphatic hydroxyl groups excluding tert-OH is 1. The fourth-order valence-electron chi connectivity index (χ4n) is 3.14. The Kier molecular flexibility index (Phi) is 4.67. The number of nitro benzene ring substituents is 1. The maximum absolute atomic E-state index is 11.2. The molecule has 1 aliphatic carbocycles. The third-order valence-electron chi connectivity index (χ3n) is 4.19. The summed E-state index contributed by atoms with van der Waals surface area (Å²) < 4.78 is 5.14. The summed E-state index contributed by atoms with van der Waals surface area (Å²) in [6.45, 7) is 2.11. The van der Waals surface area contributed by atoms with Gasteiger partial charge in [0.05, 0.1) is 24.2 Å². The zero-order chi connectivity index (χ0) is 15.5. The van der Waals surface area contributed by atoms with Gasteiger partial charge in [0.1, 0.15) is 11.4 Å². The van der Waals surface area contributed by atoms with Crippen molar-refractivity contribution in [3.63, 3.8) is 0 Å². The standard InChI is InChI=1S/C15H22N2O4/c1-11-4-3-7-15(9-11,10-18)16-13-8-12(21-2)5-6-14(13)17(19)20/h5-6,8,11,16,18H,3-4,7,9-10H2,1-2H3. The predicted octanol–water partition coefficient (Wildman–Crippen LogP) is 2.96. The fraction of sp³-hybridized carbons (Fsp3) is 0.600. The summed E-state index contributed by atoms with van der Waals surface area (Å²) in [7, 11) is 1.52. The number of hydrogen-bond donors (Lipinski definition) is 2. The largest absolute Gasteiger partial charge is 0.497 e. The average Bonchev–Trinajstić information content (AvgIpc) is 2.46. The van der Waals surface area contributed by atoms with E-state index < -0.39 is 10.5 Å². The molecule has 0 aliphatic heterocycles. The molecule has 1 aromatic carbocycles. The van der Waals surface area contributed by atoms with Crippen molar-refractivity contribution in [2.75, 3.05) is 19.0 Å². The van der Waals surface area contributed by atoms with Crippen LogP contribution in [-0.4, -0.2) is 29.3 Å². The van der Waals surface area contributed by atoms with E-state index in [4.69, 9.17) is 4.74 Å². The molecule has 1 saturated carbocycles. The first-order chi connectivity index (χ1) is 9.99. The van der Waals surface area contributed by atoms with Crippen LogP contribution in [0.2, 0.25) is 0 Å². The van der Waals surface area contributed by atoms with Crippen LogP contribution in [0.5, 0.6) is 5.75 Å². The minimum atomic E-state index is -0.491. The maximum Gasteiger partial charge on any atom is 0.292 e. The Morgan fingerprint density at radius 1 is 1.57 bits per heavy atom. The highest BCUT2D eigenvalue weighted by Crippen LogP contribution is 2.38. The van der Waals surface area contributed by atoms with Crippen molar-refractivity contribution in [3.8, 4) is 5.75 Å². The van der Waals surface area contributed by atoms with E-state index in [0.29, 0.717) is 17.4 Å². The normalized spacial score (nSPS) is 25.4. The van der Waals surface area contributed by atoms with Crippen LogP contribution < -0.4 is 10.1 Å². The number of methoxy groups -OCH3 is 1. The summed E-state index contributed by atoms with van der Waals surface area (Å²) in [4.78, 5) is 10.8. The van der Waals surface area contributed by atoms with Crippen LogP contribution in [0.15, 0.2) is 18.2 Å². The molecule has 21 heavy (non-hydrogen) atoms. The van der Waals surface area contributed by atoms with Crippen LogP contribution in [0, 0.1) is 16.0 Å². The number of nitro groups is 1. The second kappa shape index (κ2) is 6.30. The predicted molar refractivity (Wildman–Crippen MR) is 80.7 cm³/mol. The summed E-state index contributed by atoms with van der Waals surface area (Å²) >= 11 is 0. The molecule has 116 valence electrons. The molecule has 0 bridgehead atoms. The molecule has 1 aliphatic rings. The van der Waals surface area contributed by atoms with E-state index in [-0.39, 0.29) is 12.3 Å². The molecule has 6 nitrogen and oxygen atoms in total. The van der Waals surface area contributed by atoms with Crippen molar-refractivity contribution in [3.05, 3.63) is 28.3 Å². The van der Waals surface area contributed by atoms with Crippen LogP contribution in [0.25, 0.3) is 0 Å². The van der Waals surface area contributed by atoms with Gasteiger partial charge in [-0.25, -0.2) is 0 Å². The van der Waals surface area contributed by atoms with Gasteiger partial charge in [-0.1, -0.05) is 19.8 Å². The average molecular weight is 294 g/mol. The van der Waals surface area contributed by atoms with E-state index in [1.165, 1.54) is 13.2 Å². The minimum absolute atomic E-state index is 0.00171. The highest BCUT2D eigenvalue weighted by atomic mass is 16.6. The number of anilines is 1. The molecule has 2 rings (SSSR count). The van der Waals surface area contributed by atoms with Crippen LogP contribution >= 0.6 is 0 Å². The second-order valence-corrected chi connectivity index (χ2v) is 5.91. The minimum Gasteiger partial charge on any atom is -0.497 e. The maximum atomic E-state index is 11.2. The number of aliphatic hydroxyl groups is 1. The fourth-order valence-corrected chi connectivity index (χ4v) is 3.14. The van der Waals surface area contributed by atoms with Gasteiger partial charge in [-0.3, -0.25) is 10.1 Å². The van der Waals surface area contributed by atoms with Crippen LogP contribution in [0.3, 0.4) is 0 Å². The van der Waals surface area contributed by atoms with Crippen LogP contribution in [-0.2, 0) is 0 Å². The topological polar surface area (TPSA) is 84.6 Å². The first-order valence-corrected chi connectivity index (χ1v) is 7.21. The van der Waals surface area contributed by atoms with E-state index in [1.54, 1.807) is 12.1 Å². The highest BCUT2D eigenvalue weighted by molar-refractivity contribution is 5.65. The van der Waals surface area contributed by atoms with Crippen molar-refractivity contribution >= 4 is 11.4 Å². The number of nitrogens with one attached hydrogen (secondary N) is 1. The Morgan fingerprint density at radius 3 is 2.90 bits per heavy atom. The summed E-state index contributed by atoms with van der Waals surface area (Å²) in [6, 6.07) is 4.62. The van der Waals surface area contributed by atoms with Crippen LogP contribution in [0.1, 0.15) is 32.6 Å². The molecule has 0 heterocycles. The molecule has 0 saturated heterocycles. The quantitative estimate of drug-likeness (QED) is 0.644. The Labute approximate surface area is 124 Å². The van der Waals surface area contributed by atoms with Crippen molar-refractivity contribution in [1.82, 2.24) is 0 Å². The van der Waals surface area contributed by atoms with Gasteiger partial charge in [-0.15, -0.1) is 0 Å². The lowest BCUT2D eigenvalue weighted by atomic mass is 9.76. The number of rotatable bonds is 5. The molecule has 2 unspecified atom stereocenters. The van der Waals surface area contributed by atoms with Crippen molar-refractivity contribution in [2.24, 2.45) is 5.92 Å². The Balaban J connectivity index is 2.33. The van der Waals surface area contributed by atoms with E-state index in [9.17, 15) is 15.2 Å². The van der Waals surface area contributed by atoms with Gasteiger partial charge in [0.2, 0.25) is 0 Å². The lowest BCUT2D eigenvalue weighted by Gasteiger charge is -2.40. The molecule has 0 spiro atoms. The third-order valence-corrected chi connectivity index (χ3v) is 4.19. The molecule has 1 fully saturated rings. The lowest BCUT2D eigenvalue weighted by Crippen LogP contribution is -2.46. The summed E-state index contributed by atoms with van der Waals surface area (Å²) in [5, 5.41) is 24.2. The summed E-state index contributed by atoms with van der Waals surface area (Å²) in [5.41, 5.74) is -0.0845. The number of nitrogens with zero attached hydrogens (tertiary/aromatic N) is 1. The zero-order valence-corrected chi connectivity index (χ0v) is 12.5. The zero-order valence-electron chi connectivity index (χ0n) is 12.5. The molecule has 1 aromatic rings. The van der Waals surface area contributed by atoms with Crippen LogP contribution in [0.4, 0.5) is 11.4 Å². The van der Waals surface area contributed by atoms with Gasteiger partial charge in [-0.2, -0.15) is 0 Å². The summed E-state index contributed by atoms with van der Waals surface area (Å²) in [5.74, 6) is 1.04. The molecule has 6 heteroatoms. The molecule has 0 amide bonds. The molecule has 0 aromatic heterocycles. The molecule has 0 radical (unpaired) electrons. The van der Waals surface area contributed by atoms with Gasteiger partial charge in [0.15, 0.2) is 0 Å².